The molecule has 0 spiro atoms. The molecule has 0 unspecified atom stereocenters. The lowest BCUT2D eigenvalue weighted by molar-refractivity contribution is -0.173. The van der Waals surface area contributed by atoms with Crippen LogP contribution in [-0.2, 0) is 28.7 Å². The quantitative estimate of drug-likeness (QED) is 0.412. The summed E-state index contributed by atoms with van der Waals surface area (Å²) < 4.78 is 10.6. The van der Waals surface area contributed by atoms with Gasteiger partial charge in [-0.15, -0.1) is 0 Å². The van der Waals surface area contributed by atoms with E-state index < -0.39 is 45.6 Å². The second kappa shape index (κ2) is 8.86. The number of hydrogen-bond acceptors (Lipinski definition) is 7. The summed E-state index contributed by atoms with van der Waals surface area (Å²) in [7, 11) is 2.68. The molecule has 214 valence electrons. The molecule has 5 aliphatic carbocycles. The lowest BCUT2D eigenvalue weighted by Crippen LogP contribution is -2.61. The Labute approximate surface area is 231 Å². The van der Waals surface area contributed by atoms with E-state index in [1.54, 1.807) is 6.08 Å². The predicted molar refractivity (Wildman–Crippen MR) is 144 cm³/mol. The molecule has 0 saturated heterocycles. The second-order valence-corrected chi connectivity index (χ2v) is 13.6. The summed E-state index contributed by atoms with van der Waals surface area (Å²) in [6, 6.07) is 0. The Kier molecular flexibility index (Phi) is 6.42. The molecular formula is C32H44O7. The number of rotatable bonds is 3. The maximum atomic E-state index is 14.8. The zero-order valence-electron chi connectivity index (χ0n) is 24.7. The number of aliphatic hydroxyl groups excluding tert-OH is 1. The molecule has 1 N–H and O–H groups in total. The lowest BCUT2D eigenvalue weighted by Gasteiger charge is -2.55. The zero-order valence-corrected chi connectivity index (χ0v) is 24.7. The van der Waals surface area contributed by atoms with Crippen molar-refractivity contribution < 1.29 is 33.8 Å². The van der Waals surface area contributed by atoms with Crippen LogP contribution in [0.15, 0.2) is 22.8 Å². The van der Waals surface area contributed by atoms with Gasteiger partial charge in [0, 0.05) is 11.5 Å². The average Bonchev–Trinajstić information content (AvgIpc) is 3.36. The summed E-state index contributed by atoms with van der Waals surface area (Å²) in [5.74, 6) is -2.64. The first kappa shape index (κ1) is 28.3. The SMILES string of the molecule is COC(=O)[C@]12C(=O)C=C([C@H]3CC[C@H](O)C4=C3C(=O)[C@]3(C(=O)OC)[C@@H](C)CC[C@]3(C)[C@H]4C)[C@H](C)[C@@]1(C)CC[C@@H]2C. The van der Waals surface area contributed by atoms with Crippen LogP contribution in [0.2, 0.25) is 0 Å². The first-order chi connectivity index (χ1) is 18.2. The molecule has 2 saturated carbocycles. The minimum atomic E-state index is -1.33. The third-order valence-electron chi connectivity index (χ3n) is 12.8. The van der Waals surface area contributed by atoms with Crippen molar-refractivity contribution in [3.05, 3.63) is 22.8 Å². The van der Waals surface area contributed by atoms with Gasteiger partial charge in [0.25, 0.3) is 0 Å². The van der Waals surface area contributed by atoms with Crippen LogP contribution in [0, 0.1) is 51.2 Å². The van der Waals surface area contributed by atoms with Gasteiger partial charge in [-0.3, -0.25) is 19.2 Å². The van der Waals surface area contributed by atoms with Gasteiger partial charge < -0.3 is 14.6 Å². The smallest absolute Gasteiger partial charge is 0.320 e. The van der Waals surface area contributed by atoms with Gasteiger partial charge in [-0.25, -0.2) is 0 Å². The van der Waals surface area contributed by atoms with Gasteiger partial charge in [-0.2, -0.15) is 0 Å². The highest BCUT2D eigenvalue weighted by Crippen LogP contribution is 2.69. The first-order valence-electron chi connectivity index (χ1n) is 14.6. The minimum absolute atomic E-state index is 0.162. The van der Waals surface area contributed by atoms with Crippen molar-refractivity contribution in [3.63, 3.8) is 0 Å². The Bertz CT molecular complexity index is 1210. The van der Waals surface area contributed by atoms with Crippen molar-refractivity contribution >= 4 is 23.5 Å². The van der Waals surface area contributed by atoms with Crippen molar-refractivity contribution in [2.75, 3.05) is 14.2 Å². The predicted octanol–water partition coefficient (Wildman–Crippen LogP) is 4.61. The van der Waals surface area contributed by atoms with Gasteiger partial charge in [0.05, 0.1) is 20.3 Å². The number of aliphatic hydroxyl groups is 1. The molecule has 0 bridgehead atoms. The summed E-state index contributed by atoms with van der Waals surface area (Å²) in [6.07, 6.45) is 4.67. The normalized spacial score (nSPS) is 47.3. The van der Waals surface area contributed by atoms with Gasteiger partial charge in [0.1, 0.15) is 10.8 Å². The van der Waals surface area contributed by atoms with Crippen LogP contribution >= 0.6 is 0 Å². The Morgan fingerprint density at radius 1 is 0.821 bits per heavy atom. The molecule has 0 aromatic carbocycles. The maximum absolute atomic E-state index is 14.8. The van der Waals surface area contributed by atoms with Crippen LogP contribution in [0.5, 0.6) is 0 Å². The average molecular weight is 541 g/mol. The Balaban J connectivity index is 1.73. The molecule has 0 amide bonds. The number of esters is 2. The molecule has 0 heterocycles. The monoisotopic (exact) mass is 540 g/mol. The fourth-order valence-electron chi connectivity index (χ4n) is 10.4. The Morgan fingerprint density at radius 2 is 1.33 bits per heavy atom. The van der Waals surface area contributed by atoms with Crippen LogP contribution in [0.4, 0.5) is 0 Å². The maximum Gasteiger partial charge on any atom is 0.320 e. The molecule has 0 aromatic rings. The molecule has 39 heavy (non-hydrogen) atoms. The third kappa shape index (κ3) is 2.98. The van der Waals surface area contributed by atoms with Crippen LogP contribution in [0.3, 0.4) is 0 Å². The highest BCUT2D eigenvalue weighted by molar-refractivity contribution is 6.16. The van der Waals surface area contributed by atoms with Crippen molar-refractivity contribution in [1.29, 1.82) is 0 Å². The van der Waals surface area contributed by atoms with E-state index in [4.69, 9.17) is 9.47 Å². The number of ether oxygens (including phenoxy) is 2. The number of Topliss-reactive ketones (excluding diaryl/α,β-unsaturated/α-hetero) is 1. The van der Waals surface area contributed by atoms with E-state index in [1.807, 2.05) is 34.6 Å². The molecule has 10 atom stereocenters. The standard InChI is InChI=1S/C32H44O7/c1-16-11-13-29(5)18(3)21(15-23(34)31(16,29)27(36)38-7)20-9-10-22(33)24-19(4)30(6)14-12-17(2)32(30,28(37)39-8)26(35)25(20)24/h15-20,22,33H,9-14H2,1-8H3/t16-,17-,18-,19-,20+,22-,29+,30+,31-,32-/m0/s1. The fraction of sp³-hybridized carbons (Fsp3) is 0.750. The molecule has 2 fully saturated rings. The van der Waals surface area contributed by atoms with Crippen LogP contribution in [0.1, 0.15) is 80.1 Å². The van der Waals surface area contributed by atoms with Crippen LogP contribution in [-0.4, -0.2) is 48.9 Å². The van der Waals surface area contributed by atoms with Crippen molar-refractivity contribution in [3.8, 4) is 0 Å². The van der Waals surface area contributed by atoms with E-state index in [9.17, 15) is 24.3 Å². The van der Waals surface area contributed by atoms with E-state index in [2.05, 4.69) is 6.92 Å². The minimum Gasteiger partial charge on any atom is -0.468 e. The molecule has 5 rings (SSSR count). The van der Waals surface area contributed by atoms with E-state index in [0.29, 0.717) is 31.3 Å². The summed E-state index contributed by atoms with van der Waals surface area (Å²) in [6.45, 7) is 12.0. The number of fused-ring (bicyclic) bond motifs is 2. The summed E-state index contributed by atoms with van der Waals surface area (Å²) in [4.78, 5) is 55.9. The van der Waals surface area contributed by atoms with Gasteiger partial charge in [-0.1, -0.05) is 47.1 Å². The fourth-order valence-corrected chi connectivity index (χ4v) is 10.4. The van der Waals surface area contributed by atoms with Crippen molar-refractivity contribution in [1.82, 2.24) is 0 Å². The number of allylic oxidation sites excluding steroid dienone is 3. The molecule has 7 heteroatoms. The van der Waals surface area contributed by atoms with Crippen molar-refractivity contribution in [2.45, 2.75) is 86.2 Å². The summed E-state index contributed by atoms with van der Waals surface area (Å²) in [5, 5.41) is 11.3. The summed E-state index contributed by atoms with van der Waals surface area (Å²) in [5.41, 5.74) is -1.87. The highest BCUT2D eigenvalue weighted by atomic mass is 16.5. The second-order valence-electron chi connectivity index (χ2n) is 13.6. The zero-order chi connectivity index (χ0) is 28.9. The van der Waals surface area contributed by atoms with Gasteiger partial charge in [-0.05, 0) is 84.7 Å². The van der Waals surface area contributed by atoms with Crippen LogP contribution < -0.4 is 0 Å². The molecule has 0 aromatic heterocycles. The van der Waals surface area contributed by atoms with E-state index in [1.165, 1.54) is 14.2 Å². The van der Waals surface area contributed by atoms with E-state index in [-0.39, 0.29) is 35.2 Å². The Morgan fingerprint density at radius 3 is 1.90 bits per heavy atom. The molecule has 5 aliphatic rings. The number of ketones is 2. The molecule has 0 aliphatic heterocycles. The van der Waals surface area contributed by atoms with Gasteiger partial charge >= 0.3 is 11.9 Å². The van der Waals surface area contributed by atoms with Crippen LogP contribution in [0.25, 0.3) is 0 Å². The van der Waals surface area contributed by atoms with E-state index in [0.717, 1.165) is 24.0 Å². The van der Waals surface area contributed by atoms with Crippen molar-refractivity contribution in [2.24, 2.45) is 51.2 Å². The number of carbonyl (C=O) groups excluding carboxylic acids is 4. The number of hydrogen-bond donors (Lipinski definition) is 1. The lowest BCUT2D eigenvalue weighted by atomic mass is 9.46. The third-order valence-corrected chi connectivity index (χ3v) is 12.8. The van der Waals surface area contributed by atoms with Gasteiger partial charge in [0.2, 0.25) is 0 Å². The van der Waals surface area contributed by atoms with E-state index >= 15 is 0 Å². The number of methoxy groups -OCH3 is 2. The Hall–Kier alpha value is -2.28. The number of carbonyl (C=O) groups is 4. The molecule has 7 nitrogen and oxygen atoms in total. The topological polar surface area (TPSA) is 107 Å². The highest BCUT2D eigenvalue weighted by Gasteiger charge is 2.73. The molecular weight excluding hydrogens is 496 g/mol. The summed E-state index contributed by atoms with van der Waals surface area (Å²) >= 11 is 0. The van der Waals surface area contributed by atoms with Gasteiger partial charge in [0.15, 0.2) is 11.6 Å². The largest absolute Gasteiger partial charge is 0.468 e. The molecule has 0 radical (unpaired) electrons. The first-order valence-corrected chi connectivity index (χ1v) is 14.6.